The predicted octanol–water partition coefficient (Wildman–Crippen LogP) is 6.60. The highest BCUT2D eigenvalue weighted by Gasteiger charge is 2.52. The van der Waals surface area contributed by atoms with Crippen LogP contribution in [0.2, 0.25) is 0 Å². The van der Waals surface area contributed by atoms with E-state index in [-0.39, 0.29) is 22.2 Å². The van der Waals surface area contributed by atoms with Gasteiger partial charge in [0, 0.05) is 59.8 Å². The Morgan fingerprint density at radius 1 is 0.556 bits per heavy atom. The van der Waals surface area contributed by atoms with Gasteiger partial charge in [-0.1, -0.05) is 0 Å². The van der Waals surface area contributed by atoms with E-state index in [0.29, 0.717) is 9.74 Å². The number of thioether (sulfide) groups is 2. The molecule has 4 rings (SSSR count). The summed E-state index contributed by atoms with van der Waals surface area (Å²) in [6.45, 7) is 32.1. The van der Waals surface area contributed by atoms with Crippen molar-refractivity contribution < 1.29 is 0 Å². The van der Waals surface area contributed by atoms with E-state index in [2.05, 4.69) is 112 Å². The zero-order valence-corrected chi connectivity index (χ0v) is 27.1. The topological polar surface area (TPSA) is 13.0 Å². The Balaban J connectivity index is 1.42. The Bertz CT molecular complexity index is 706. The number of nitrogens with zero attached hydrogens (tertiary/aromatic N) is 4. The van der Waals surface area contributed by atoms with Crippen molar-refractivity contribution in [3.8, 4) is 0 Å². The molecule has 6 heteroatoms. The van der Waals surface area contributed by atoms with E-state index < -0.39 is 0 Å². The van der Waals surface area contributed by atoms with Crippen LogP contribution in [0.3, 0.4) is 0 Å². The van der Waals surface area contributed by atoms with Crippen molar-refractivity contribution in [2.45, 2.75) is 140 Å². The van der Waals surface area contributed by atoms with E-state index in [9.17, 15) is 0 Å². The maximum absolute atomic E-state index is 2.87. The van der Waals surface area contributed by atoms with Gasteiger partial charge in [-0.2, -0.15) is 0 Å². The van der Waals surface area contributed by atoms with Gasteiger partial charge >= 0.3 is 0 Å². The van der Waals surface area contributed by atoms with Crippen LogP contribution >= 0.6 is 23.5 Å². The van der Waals surface area contributed by atoms with Gasteiger partial charge in [-0.05, 0) is 121 Å². The summed E-state index contributed by atoms with van der Waals surface area (Å²) in [5.74, 6) is 2.58. The molecule has 0 bridgehead atoms. The molecule has 4 aliphatic heterocycles. The fourth-order valence-corrected chi connectivity index (χ4v) is 11.2. The Labute approximate surface area is 233 Å². The molecule has 0 aromatic heterocycles. The lowest BCUT2D eigenvalue weighted by molar-refractivity contribution is -0.0279. The van der Waals surface area contributed by atoms with Gasteiger partial charge in [0.25, 0.3) is 0 Å². The van der Waals surface area contributed by atoms with Crippen molar-refractivity contribution in [2.75, 3.05) is 50.8 Å². The van der Waals surface area contributed by atoms with Crippen LogP contribution in [0.1, 0.15) is 108 Å². The van der Waals surface area contributed by atoms with Crippen molar-refractivity contribution in [1.82, 2.24) is 19.6 Å². The first kappa shape index (κ1) is 29.5. The molecule has 4 fully saturated rings. The number of likely N-dealkylation sites (tertiary alicyclic amines) is 2. The molecule has 210 valence electrons. The van der Waals surface area contributed by atoms with E-state index in [1.165, 1.54) is 89.3 Å². The minimum absolute atomic E-state index is 0.240. The molecule has 0 aromatic rings. The molecule has 2 atom stereocenters. The standard InChI is InChI=1S/C30H58N4S2/c1-25(2,3)33-19-21-35-29(33)13-11-17-31(23-29)27(7,8)15-16-28(9,10)32-18-12-14-30(24-32)34(20-22-36-30)26(4,5)6/h11-24H2,1-10H3. The first-order valence-electron chi connectivity index (χ1n) is 14.8. The molecule has 2 spiro atoms. The third-order valence-corrected chi connectivity index (χ3v) is 12.9. The van der Waals surface area contributed by atoms with Gasteiger partial charge in [-0.3, -0.25) is 19.6 Å². The lowest BCUT2D eigenvalue weighted by atomic mass is 9.84. The van der Waals surface area contributed by atoms with E-state index in [0.717, 1.165) is 0 Å². The van der Waals surface area contributed by atoms with Crippen LogP contribution in [0.4, 0.5) is 0 Å². The second-order valence-electron chi connectivity index (χ2n) is 15.4. The molecule has 2 unspecified atom stereocenters. The minimum atomic E-state index is 0.240. The summed E-state index contributed by atoms with van der Waals surface area (Å²) in [5, 5.41) is 0. The summed E-state index contributed by atoms with van der Waals surface area (Å²) in [5.41, 5.74) is 0.985. The summed E-state index contributed by atoms with van der Waals surface area (Å²) >= 11 is 4.50. The number of hydrogen-bond donors (Lipinski definition) is 0. The van der Waals surface area contributed by atoms with Crippen LogP contribution < -0.4 is 0 Å². The minimum Gasteiger partial charge on any atom is -0.296 e. The fraction of sp³-hybridized carbons (Fsp3) is 1.00. The van der Waals surface area contributed by atoms with E-state index in [4.69, 9.17) is 0 Å². The van der Waals surface area contributed by atoms with Crippen LogP contribution in [-0.4, -0.2) is 102 Å². The average Bonchev–Trinajstić information content (AvgIpc) is 3.37. The maximum atomic E-state index is 2.87. The van der Waals surface area contributed by atoms with Crippen molar-refractivity contribution in [1.29, 1.82) is 0 Å². The third kappa shape index (κ3) is 5.84. The molecule has 4 aliphatic rings. The first-order valence-corrected chi connectivity index (χ1v) is 16.8. The monoisotopic (exact) mass is 538 g/mol. The fourth-order valence-electron chi connectivity index (χ4n) is 7.75. The predicted molar refractivity (Wildman–Crippen MR) is 162 cm³/mol. The van der Waals surface area contributed by atoms with Gasteiger partial charge in [0.05, 0.1) is 9.74 Å². The van der Waals surface area contributed by atoms with Crippen molar-refractivity contribution in [3.05, 3.63) is 0 Å². The maximum Gasteiger partial charge on any atom is 0.0804 e. The molecule has 36 heavy (non-hydrogen) atoms. The molecule has 0 aliphatic carbocycles. The lowest BCUT2D eigenvalue weighted by Crippen LogP contribution is -2.63. The van der Waals surface area contributed by atoms with E-state index >= 15 is 0 Å². The van der Waals surface area contributed by atoms with Crippen molar-refractivity contribution >= 4 is 23.5 Å². The highest BCUT2D eigenvalue weighted by atomic mass is 32.2. The van der Waals surface area contributed by atoms with E-state index in [1.54, 1.807) is 0 Å². The Morgan fingerprint density at radius 2 is 0.917 bits per heavy atom. The van der Waals surface area contributed by atoms with Gasteiger partial charge in [0.15, 0.2) is 0 Å². The molecule has 4 heterocycles. The highest BCUT2D eigenvalue weighted by molar-refractivity contribution is 8.01. The van der Waals surface area contributed by atoms with Crippen molar-refractivity contribution in [2.24, 2.45) is 0 Å². The number of hydrogen-bond acceptors (Lipinski definition) is 6. The Hall–Kier alpha value is 0.540. The molecular weight excluding hydrogens is 480 g/mol. The quantitative estimate of drug-likeness (QED) is 0.388. The van der Waals surface area contributed by atoms with Crippen LogP contribution in [0.15, 0.2) is 0 Å². The molecule has 4 nitrogen and oxygen atoms in total. The second kappa shape index (κ2) is 10.2. The van der Waals surface area contributed by atoms with Crippen molar-refractivity contribution in [3.63, 3.8) is 0 Å². The normalized spacial score (nSPS) is 32.8. The first-order chi connectivity index (χ1) is 16.5. The molecule has 4 saturated heterocycles. The van der Waals surface area contributed by atoms with Crippen LogP contribution in [0, 0.1) is 0 Å². The third-order valence-electron chi connectivity index (χ3n) is 9.90. The summed E-state index contributed by atoms with van der Waals surface area (Å²) < 4.78 is 0. The summed E-state index contributed by atoms with van der Waals surface area (Å²) in [6, 6.07) is 0. The highest BCUT2D eigenvalue weighted by Crippen LogP contribution is 2.49. The summed E-state index contributed by atoms with van der Waals surface area (Å²) in [4.78, 5) is 12.1. The Morgan fingerprint density at radius 3 is 1.25 bits per heavy atom. The molecule has 0 radical (unpaired) electrons. The lowest BCUT2D eigenvalue weighted by Gasteiger charge is -2.55. The zero-order chi connectivity index (χ0) is 26.6. The average molecular weight is 539 g/mol. The summed E-state index contributed by atoms with van der Waals surface area (Å²) in [7, 11) is 0. The van der Waals surface area contributed by atoms with E-state index in [1.807, 2.05) is 0 Å². The van der Waals surface area contributed by atoms with Gasteiger partial charge < -0.3 is 0 Å². The molecular formula is C30H58N4S2. The molecule has 0 aromatic carbocycles. The van der Waals surface area contributed by atoms with Crippen LogP contribution in [-0.2, 0) is 0 Å². The molecule has 0 saturated carbocycles. The smallest absolute Gasteiger partial charge is 0.0804 e. The van der Waals surface area contributed by atoms with Crippen LogP contribution in [0.5, 0.6) is 0 Å². The van der Waals surface area contributed by atoms with Crippen LogP contribution in [0.25, 0.3) is 0 Å². The van der Waals surface area contributed by atoms with Gasteiger partial charge in [0.1, 0.15) is 0 Å². The number of piperidine rings is 2. The van der Waals surface area contributed by atoms with Gasteiger partial charge in [-0.25, -0.2) is 0 Å². The second-order valence-corrected chi connectivity index (χ2v) is 18.3. The SMILES string of the molecule is CC(C)(C)N1CCSC12CCCN(C(C)(C)CCC(C)(C)N1CCCC3(C1)SCCN3C(C)(C)C)C2. The molecule has 0 amide bonds. The number of rotatable bonds is 5. The largest absolute Gasteiger partial charge is 0.296 e. The van der Waals surface area contributed by atoms with Gasteiger partial charge in [0.2, 0.25) is 0 Å². The van der Waals surface area contributed by atoms with Gasteiger partial charge in [-0.15, -0.1) is 23.5 Å². The zero-order valence-electron chi connectivity index (χ0n) is 25.5. The molecule has 0 N–H and O–H groups in total. The summed E-state index contributed by atoms with van der Waals surface area (Å²) in [6.07, 6.45) is 7.92. The Kier molecular flexibility index (Phi) is 8.35.